The van der Waals surface area contributed by atoms with Gasteiger partial charge in [-0.25, -0.2) is 0 Å². The van der Waals surface area contributed by atoms with Crippen molar-refractivity contribution >= 4 is 23.0 Å². The summed E-state index contributed by atoms with van der Waals surface area (Å²) in [7, 11) is 0. The fourth-order valence-electron chi connectivity index (χ4n) is 1.98. The van der Waals surface area contributed by atoms with E-state index in [4.69, 9.17) is 12.2 Å². The van der Waals surface area contributed by atoms with E-state index < -0.39 is 0 Å². The summed E-state index contributed by atoms with van der Waals surface area (Å²) in [4.78, 5) is 2.14. The number of para-hydroxylation sites is 1. The van der Waals surface area contributed by atoms with E-state index in [1.807, 2.05) is 24.3 Å². The molecule has 1 N–H and O–H groups in total. The minimum absolute atomic E-state index is 0.778. The molecule has 2 nitrogen and oxygen atoms in total. The summed E-state index contributed by atoms with van der Waals surface area (Å²) in [6, 6.07) is 20.7. The highest BCUT2D eigenvalue weighted by Crippen LogP contribution is 2.17. The van der Waals surface area contributed by atoms with Crippen LogP contribution in [0.15, 0.2) is 60.7 Å². The highest BCUT2D eigenvalue weighted by atomic mass is 32.1. The van der Waals surface area contributed by atoms with Crippen molar-refractivity contribution in [3.05, 3.63) is 66.2 Å². The van der Waals surface area contributed by atoms with Crippen LogP contribution in [0.1, 0.15) is 18.9 Å². The van der Waals surface area contributed by atoms with Gasteiger partial charge in [-0.15, -0.1) is 0 Å². The number of benzene rings is 2. The van der Waals surface area contributed by atoms with E-state index in [1.165, 1.54) is 5.56 Å². The van der Waals surface area contributed by atoms with Crippen LogP contribution in [0, 0.1) is 0 Å². The molecule has 104 valence electrons. The predicted molar refractivity (Wildman–Crippen MR) is 90.0 cm³/mol. The summed E-state index contributed by atoms with van der Waals surface area (Å²) in [5, 5.41) is 4.09. The zero-order valence-electron chi connectivity index (χ0n) is 11.8. The van der Waals surface area contributed by atoms with E-state index in [-0.39, 0.29) is 0 Å². The Bertz CT molecular complexity index is 525. The van der Waals surface area contributed by atoms with Crippen LogP contribution >= 0.6 is 12.2 Å². The molecule has 20 heavy (non-hydrogen) atoms. The quantitative estimate of drug-likeness (QED) is 0.836. The first-order chi connectivity index (χ1) is 9.81. The number of rotatable bonds is 5. The maximum absolute atomic E-state index is 5.54. The molecule has 0 spiro atoms. The Hall–Kier alpha value is -1.87. The van der Waals surface area contributed by atoms with Crippen LogP contribution in [0.4, 0.5) is 5.69 Å². The zero-order chi connectivity index (χ0) is 14.2. The van der Waals surface area contributed by atoms with Crippen LogP contribution in [0.3, 0.4) is 0 Å². The molecule has 0 aliphatic rings. The van der Waals surface area contributed by atoms with Crippen LogP contribution in [-0.4, -0.2) is 11.7 Å². The third-order valence-corrected chi connectivity index (χ3v) is 3.39. The van der Waals surface area contributed by atoms with Gasteiger partial charge in [0, 0.05) is 12.2 Å². The van der Waals surface area contributed by atoms with E-state index in [9.17, 15) is 0 Å². The maximum Gasteiger partial charge on any atom is 0.173 e. The molecule has 0 unspecified atom stereocenters. The number of anilines is 1. The third kappa shape index (κ3) is 4.07. The van der Waals surface area contributed by atoms with Gasteiger partial charge in [-0.1, -0.05) is 55.5 Å². The Morgan fingerprint density at radius 1 is 1.00 bits per heavy atom. The molecule has 0 aromatic heterocycles. The molecule has 0 aliphatic heterocycles. The molecule has 3 heteroatoms. The van der Waals surface area contributed by atoms with E-state index in [2.05, 4.69) is 53.5 Å². The zero-order valence-corrected chi connectivity index (χ0v) is 12.6. The third-order valence-electron chi connectivity index (χ3n) is 3.02. The summed E-state index contributed by atoms with van der Waals surface area (Å²) < 4.78 is 0. The minimum atomic E-state index is 0.778. The van der Waals surface area contributed by atoms with Crippen LogP contribution < -0.4 is 10.2 Å². The second-order valence-corrected chi connectivity index (χ2v) is 5.03. The Kier molecular flexibility index (Phi) is 5.56. The molecule has 0 saturated heterocycles. The SMILES string of the molecule is CCCNC(=S)N(Cc1ccccc1)c1ccccc1. The molecule has 2 aromatic carbocycles. The molecule has 2 rings (SSSR count). The fourth-order valence-corrected chi connectivity index (χ4v) is 2.25. The van der Waals surface area contributed by atoms with Gasteiger partial charge in [0.05, 0.1) is 6.54 Å². The van der Waals surface area contributed by atoms with E-state index in [0.29, 0.717) is 0 Å². The lowest BCUT2D eigenvalue weighted by atomic mass is 10.2. The van der Waals surface area contributed by atoms with Crippen molar-refractivity contribution < 1.29 is 0 Å². The molecule has 0 radical (unpaired) electrons. The highest BCUT2D eigenvalue weighted by Gasteiger charge is 2.11. The van der Waals surface area contributed by atoms with Gasteiger partial charge in [-0.3, -0.25) is 0 Å². The number of nitrogens with one attached hydrogen (secondary N) is 1. The van der Waals surface area contributed by atoms with E-state index in [1.54, 1.807) is 0 Å². The summed E-state index contributed by atoms with van der Waals surface area (Å²) in [5.74, 6) is 0. The summed E-state index contributed by atoms with van der Waals surface area (Å²) in [6.07, 6.45) is 1.06. The van der Waals surface area contributed by atoms with Crippen molar-refractivity contribution in [1.29, 1.82) is 0 Å². The van der Waals surface area contributed by atoms with Crippen LogP contribution in [0.25, 0.3) is 0 Å². The van der Waals surface area contributed by atoms with Gasteiger partial charge in [-0.2, -0.15) is 0 Å². The standard InChI is InChI=1S/C17H20N2S/c1-2-13-18-17(20)19(16-11-7-4-8-12-16)14-15-9-5-3-6-10-15/h3-12H,2,13-14H2,1H3,(H,18,20). The summed E-state index contributed by atoms with van der Waals surface area (Å²) in [6.45, 7) is 3.82. The number of nitrogens with zero attached hydrogens (tertiary/aromatic N) is 1. The van der Waals surface area contributed by atoms with Crippen molar-refractivity contribution in [2.45, 2.75) is 19.9 Å². The van der Waals surface area contributed by atoms with Gasteiger partial charge in [0.2, 0.25) is 0 Å². The topological polar surface area (TPSA) is 15.3 Å². The molecule has 0 heterocycles. The summed E-state index contributed by atoms with van der Waals surface area (Å²) in [5.41, 5.74) is 2.36. The Balaban J connectivity index is 2.18. The van der Waals surface area contributed by atoms with Crippen LogP contribution in [-0.2, 0) is 6.54 Å². The molecule has 0 atom stereocenters. The van der Waals surface area contributed by atoms with E-state index >= 15 is 0 Å². The van der Waals surface area contributed by atoms with E-state index in [0.717, 1.165) is 30.3 Å². The van der Waals surface area contributed by atoms with Gasteiger partial charge >= 0.3 is 0 Å². The second-order valence-electron chi connectivity index (χ2n) is 4.64. The first-order valence-electron chi connectivity index (χ1n) is 6.95. The number of thiocarbonyl (C=S) groups is 1. The van der Waals surface area contributed by atoms with Gasteiger partial charge in [0.25, 0.3) is 0 Å². The van der Waals surface area contributed by atoms with Crippen molar-refractivity contribution in [2.75, 3.05) is 11.4 Å². The van der Waals surface area contributed by atoms with Gasteiger partial charge in [0.15, 0.2) is 5.11 Å². The first kappa shape index (κ1) is 14.5. The van der Waals surface area contributed by atoms with Gasteiger partial charge in [0.1, 0.15) is 0 Å². The molecular weight excluding hydrogens is 264 g/mol. The number of hydrogen-bond acceptors (Lipinski definition) is 1. The average Bonchev–Trinajstić information content (AvgIpc) is 2.52. The smallest absolute Gasteiger partial charge is 0.173 e. The van der Waals surface area contributed by atoms with Gasteiger partial charge in [-0.05, 0) is 36.3 Å². The first-order valence-corrected chi connectivity index (χ1v) is 7.36. The van der Waals surface area contributed by atoms with Crippen molar-refractivity contribution in [3.63, 3.8) is 0 Å². The lowest BCUT2D eigenvalue weighted by molar-refractivity contribution is 0.825. The Morgan fingerprint density at radius 3 is 2.20 bits per heavy atom. The lowest BCUT2D eigenvalue weighted by Gasteiger charge is -2.26. The largest absolute Gasteiger partial charge is 0.362 e. The minimum Gasteiger partial charge on any atom is -0.362 e. The Labute approximate surface area is 126 Å². The lowest BCUT2D eigenvalue weighted by Crippen LogP contribution is -2.39. The monoisotopic (exact) mass is 284 g/mol. The molecule has 0 saturated carbocycles. The molecule has 0 amide bonds. The molecular formula is C17H20N2S. The van der Waals surface area contributed by atoms with Crippen molar-refractivity contribution in [1.82, 2.24) is 5.32 Å². The Morgan fingerprint density at radius 2 is 1.60 bits per heavy atom. The number of hydrogen-bond donors (Lipinski definition) is 1. The second kappa shape index (κ2) is 7.65. The molecule has 2 aromatic rings. The molecule has 0 aliphatic carbocycles. The van der Waals surface area contributed by atoms with Crippen LogP contribution in [0.5, 0.6) is 0 Å². The molecule has 0 fully saturated rings. The maximum atomic E-state index is 5.54. The van der Waals surface area contributed by atoms with Crippen LogP contribution in [0.2, 0.25) is 0 Å². The molecule has 0 bridgehead atoms. The fraction of sp³-hybridized carbons (Fsp3) is 0.235. The predicted octanol–water partition coefficient (Wildman–Crippen LogP) is 3.98. The van der Waals surface area contributed by atoms with Crippen molar-refractivity contribution in [3.8, 4) is 0 Å². The highest BCUT2D eigenvalue weighted by molar-refractivity contribution is 7.80. The normalized spacial score (nSPS) is 10.1. The average molecular weight is 284 g/mol. The van der Waals surface area contributed by atoms with Gasteiger partial charge < -0.3 is 10.2 Å². The summed E-state index contributed by atoms with van der Waals surface area (Å²) >= 11 is 5.54. The van der Waals surface area contributed by atoms with Crippen molar-refractivity contribution in [2.24, 2.45) is 0 Å².